The van der Waals surface area contributed by atoms with Crippen LogP contribution in [0.1, 0.15) is 384 Å². The third-order valence-corrected chi connectivity index (χ3v) is 31.0. The molecule has 0 saturated carbocycles. The Morgan fingerprint density at radius 2 is 0.418 bits per heavy atom. The zero-order valence-electron chi connectivity index (χ0n) is 91.6. The van der Waals surface area contributed by atoms with Gasteiger partial charge in [-0.25, -0.2) is 0 Å². The Morgan fingerprint density at radius 3 is 0.582 bits per heavy atom. The number of likely N-dealkylation sites (tertiary alicyclic amines) is 5. The smallest absolute Gasteiger partial charge is 0.306 e. The van der Waals surface area contributed by atoms with Gasteiger partial charge in [-0.05, 0) is 275 Å². The summed E-state index contributed by atoms with van der Waals surface area (Å²) >= 11 is 0. The first-order valence-corrected chi connectivity index (χ1v) is 52.0. The summed E-state index contributed by atoms with van der Waals surface area (Å²) in [6.45, 7) is 57.6. The number of nitrogens with zero attached hydrogens (tertiary/aromatic N) is 9. The van der Waals surface area contributed by atoms with Crippen molar-refractivity contribution in [2.75, 3.05) is 116 Å². The molecule has 0 bridgehead atoms. The second kappa shape index (κ2) is 53.0. The molecule has 764 valence electrons. The standard InChI is InChI=1S/2C30H56N2O4.C21H39NO4.C18H26N2.C14H18N2/c2*1-27(2)19-23(20-28(3,4)31(27)9)35-25(33)17-15-13-11-12-14-16-18-26(34)36-24-21-29(5,6)32(10)30(7,8)22-24;1-20(2)15-17(16-21(3,4)22(20)5)26-19(24)14-12-10-8-7-9-11-13-18(23)25-6;1-5-19(6-2)16-13-9-11-15-12-10-14-17(18(15)16)20(7-3)8-4;1-15(2)12-9-5-7-11-8-6-10-13(14(11)12)16(3)4/h2*23-24H,11-22H2,1-10H3;17H,7-16H2,1-6H3;9-14H,5-8H2,1-4H3;5-10H,1-4H3. The topological polar surface area (TPSA) is 187 Å². The van der Waals surface area contributed by atoms with Gasteiger partial charge in [0.15, 0.2) is 0 Å². The Balaban J connectivity index is 0.000000305. The molecule has 5 saturated heterocycles. The van der Waals surface area contributed by atoms with Gasteiger partial charge in [-0.2, -0.15) is 0 Å². The van der Waals surface area contributed by atoms with E-state index in [-0.39, 0.29) is 122 Å². The molecular weight excluding hydrogens is 1680 g/mol. The first kappa shape index (κ1) is 118. The number of piperidine rings is 5. The molecule has 0 amide bonds. The fourth-order valence-corrected chi connectivity index (χ4v) is 21.9. The second-order valence-electron chi connectivity index (χ2n) is 46.4. The molecule has 21 heteroatoms. The second-order valence-corrected chi connectivity index (χ2v) is 46.4. The van der Waals surface area contributed by atoms with Crippen LogP contribution in [0.15, 0.2) is 72.8 Å². The molecule has 4 aromatic rings. The van der Waals surface area contributed by atoms with Crippen molar-refractivity contribution in [2.24, 2.45) is 0 Å². The largest absolute Gasteiger partial charge is 0.469 e. The van der Waals surface area contributed by atoms with Crippen LogP contribution in [-0.4, -0.2) is 243 Å². The van der Waals surface area contributed by atoms with Crippen LogP contribution in [0.4, 0.5) is 22.7 Å². The first-order chi connectivity index (χ1) is 62.4. The molecule has 0 unspecified atom stereocenters. The van der Waals surface area contributed by atoms with Gasteiger partial charge >= 0.3 is 35.8 Å². The van der Waals surface area contributed by atoms with Gasteiger partial charge < -0.3 is 48.0 Å². The fourth-order valence-electron chi connectivity index (χ4n) is 21.9. The van der Waals surface area contributed by atoms with Gasteiger partial charge in [-0.3, -0.25) is 53.3 Å². The maximum atomic E-state index is 12.4. The Bertz CT molecular complexity index is 3800. The number of carbonyl (C=O) groups is 6. The van der Waals surface area contributed by atoms with Crippen LogP contribution in [0.25, 0.3) is 21.5 Å². The maximum Gasteiger partial charge on any atom is 0.306 e. The zero-order valence-corrected chi connectivity index (χ0v) is 91.6. The first-order valence-electron chi connectivity index (χ1n) is 52.0. The number of ether oxygens (including phenoxy) is 6. The minimum atomic E-state index is -0.131. The summed E-state index contributed by atoms with van der Waals surface area (Å²) in [5.74, 6) is -0.415. The number of esters is 6. The highest BCUT2D eigenvalue weighted by molar-refractivity contribution is 6.04. The Labute approximate surface area is 816 Å². The van der Waals surface area contributed by atoms with Crippen LogP contribution in [0.5, 0.6) is 0 Å². The van der Waals surface area contributed by atoms with E-state index < -0.39 is 0 Å². The molecule has 0 N–H and O–H groups in total. The van der Waals surface area contributed by atoms with Crippen LogP contribution >= 0.6 is 0 Å². The molecule has 5 aliphatic rings. The van der Waals surface area contributed by atoms with Crippen molar-refractivity contribution in [3.05, 3.63) is 72.8 Å². The van der Waals surface area contributed by atoms with Crippen LogP contribution in [0.3, 0.4) is 0 Å². The van der Waals surface area contributed by atoms with E-state index in [0.717, 1.165) is 206 Å². The lowest BCUT2D eigenvalue weighted by Gasteiger charge is -2.53. The summed E-state index contributed by atoms with van der Waals surface area (Å²) in [4.78, 5) is 94.0. The molecule has 5 aliphatic heterocycles. The third-order valence-electron chi connectivity index (χ3n) is 31.0. The van der Waals surface area contributed by atoms with E-state index in [9.17, 15) is 28.8 Å². The number of unbranched alkanes of at least 4 members (excludes halogenated alkanes) is 15. The molecule has 0 radical (unpaired) electrons. The van der Waals surface area contributed by atoms with Crippen molar-refractivity contribution in [2.45, 2.75) is 470 Å². The number of benzene rings is 4. The Morgan fingerprint density at radius 1 is 0.261 bits per heavy atom. The highest BCUT2D eigenvalue weighted by Crippen LogP contribution is 2.45. The van der Waals surface area contributed by atoms with Crippen LogP contribution in [-0.2, 0) is 57.2 Å². The van der Waals surface area contributed by atoms with E-state index >= 15 is 0 Å². The summed E-state index contributed by atoms with van der Waals surface area (Å²) in [6, 6.07) is 26.1. The molecule has 134 heavy (non-hydrogen) atoms. The minimum absolute atomic E-state index is 0.00474. The molecule has 0 aromatic heterocycles. The molecule has 0 aliphatic carbocycles. The normalized spacial score (nSPS) is 19.8. The van der Waals surface area contributed by atoms with Gasteiger partial charge in [-0.1, -0.05) is 126 Å². The van der Waals surface area contributed by atoms with Crippen LogP contribution in [0, 0.1) is 0 Å². The zero-order chi connectivity index (χ0) is 101. The molecule has 5 heterocycles. The average molecular weight is 1870 g/mol. The number of fused-ring (bicyclic) bond motifs is 2. The predicted octanol–water partition coefficient (Wildman–Crippen LogP) is 25.0. The molecule has 5 fully saturated rings. The van der Waals surface area contributed by atoms with Gasteiger partial charge in [0.25, 0.3) is 0 Å². The molecule has 21 nitrogen and oxygen atoms in total. The predicted molar refractivity (Wildman–Crippen MR) is 562 cm³/mol. The molecule has 4 aromatic carbocycles. The summed E-state index contributed by atoms with van der Waals surface area (Å²) in [7, 11) is 20.6. The minimum Gasteiger partial charge on any atom is -0.469 e. The van der Waals surface area contributed by atoms with Crippen molar-refractivity contribution >= 4 is 80.1 Å². The van der Waals surface area contributed by atoms with Gasteiger partial charge in [-0.15, -0.1) is 0 Å². The average Bonchev–Trinajstić information content (AvgIpc) is 0.781. The van der Waals surface area contributed by atoms with E-state index in [1.54, 1.807) is 0 Å². The van der Waals surface area contributed by atoms with E-state index in [1.807, 2.05) is 0 Å². The summed E-state index contributed by atoms with van der Waals surface area (Å²) in [6.07, 6.45) is 30.0. The number of rotatable bonds is 40. The molecule has 9 rings (SSSR count). The number of anilines is 4. The van der Waals surface area contributed by atoms with E-state index in [4.69, 9.17) is 23.7 Å². The molecular formula is C113H195N9O12. The van der Waals surface area contributed by atoms with Crippen molar-refractivity contribution < 1.29 is 57.2 Å². The monoisotopic (exact) mass is 1870 g/mol. The fraction of sp³-hybridized carbons (Fsp3) is 0.770. The van der Waals surface area contributed by atoms with Gasteiger partial charge in [0.2, 0.25) is 0 Å². The summed E-state index contributed by atoms with van der Waals surface area (Å²) < 4.78 is 33.8. The third kappa shape index (κ3) is 36.5. The van der Waals surface area contributed by atoms with Gasteiger partial charge in [0.05, 0.1) is 7.11 Å². The quantitative estimate of drug-likeness (QED) is 0.0232. The van der Waals surface area contributed by atoms with Gasteiger partial charge in [0.1, 0.15) is 30.5 Å². The number of hydrogen-bond donors (Lipinski definition) is 0. The van der Waals surface area contributed by atoms with E-state index in [2.05, 4.69) is 351 Å². The Kier molecular flexibility index (Phi) is 46.6. The molecule has 0 atom stereocenters. The number of hydrogen-bond acceptors (Lipinski definition) is 21. The van der Waals surface area contributed by atoms with Crippen molar-refractivity contribution in [3.63, 3.8) is 0 Å². The lowest BCUT2D eigenvalue weighted by Crippen LogP contribution is -2.60. The SMILES string of the molecule is CCN(CC)c1cccc2cccc(N(CC)CC)c12.CN(C)c1cccc2cccc(N(C)C)c12.CN1C(C)(C)CC(OC(=O)CCCCCCCCC(=O)OC2CC(C)(C)N(C)C(C)(C)C2)CC1(C)C.CN1C(C)(C)CC(OC(=O)CCCCCCCCC(=O)OC2CC(C)(C)N(C)C(C)(C)C2)CC1(C)C.COC(=O)CCCCCCCCC(=O)OC1CC(C)(C)N(C)C(C)(C)C1. The highest BCUT2D eigenvalue weighted by Gasteiger charge is 2.49. The van der Waals surface area contributed by atoms with Crippen LogP contribution < -0.4 is 19.6 Å². The maximum absolute atomic E-state index is 12.4. The van der Waals surface area contributed by atoms with E-state index in [0.29, 0.717) is 38.5 Å². The Hall–Kier alpha value is -6.78. The van der Waals surface area contributed by atoms with Crippen molar-refractivity contribution in [1.82, 2.24) is 24.5 Å². The number of carbonyl (C=O) groups excluding carboxylic acids is 6. The number of methoxy groups -OCH3 is 1. The van der Waals surface area contributed by atoms with Crippen molar-refractivity contribution in [1.29, 1.82) is 0 Å². The van der Waals surface area contributed by atoms with E-state index in [1.165, 1.54) is 51.4 Å². The van der Waals surface area contributed by atoms with Crippen LogP contribution in [0.2, 0.25) is 0 Å². The molecule has 0 spiro atoms. The summed E-state index contributed by atoms with van der Waals surface area (Å²) in [5, 5.41) is 5.33. The highest BCUT2D eigenvalue weighted by atomic mass is 16.6. The van der Waals surface area contributed by atoms with Gasteiger partial charge in [0, 0.05) is 246 Å². The lowest BCUT2D eigenvalue weighted by molar-refractivity contribution is -0.160. The van der Waals surface area contributed by atoms with Crippen molar-refractivity contribution in [3.8, 4) is 0 Å². The summed E-state index contributed by atoms with van der Waals surface area (Å²) in [5.41, 5.74) is 5.54. The lowest BCUT2D eigenvalue weighted by atomic mass is 9.78.